The van der Waals surface area contributed by atoms with E-state index in [0.717, 1.165) is 16.8 Å². The lowest BCUT2D eigenvalue weighted by Crippen LogP contribution is -2.35. The molecule has 1 unspecified atom stereocenters. The van der Waals surface area contributed by atoms with Crippen LogP contribution >= 0.6 is 23.2 Å². The zero-order valence-corrected chi connectivity index (χ0v) is 23.5. The SMILES string of the molecule is CC(C)N(C(=O)O)c1ccc(-c2nc(C3CCc4cc(-c5cc(Cl)ccc5-n5cnnn5)cc(=O)n43)[nH]c2Cl)cc1. The Morgan fingerprint density at radius 3 is 2.56 bits per heavy atom. The number of hydrogen-bond donors (Lipinski definition) is 2. The number of imidazole rings is 1. The van der Waals surface area contributed by atoms with Gasteiger partial charge in [-0.1, -0.05) is 35.3 Å². The summed E-state index contributed by atoms with van der Waals surface area (Å²) in [6.45, 7) is 3.62. The van der Waals surface area contributed by atoms with Gasteiger partial charge in [0.1, 0.15) is 23.0 Å². The van der Waals surface area contributed by atoms with Crippen molar-refractivity contribution in [2.45, 2.75) is 38.8 Å². The number of aromatic nitrogens is 7. The van der Waals surface area contributed by atoms with E-state index in [4.69, 9.17) is 28.2 Å². The van der Waals surface area contributed by atoms with E-state index in [-0.39, 0.29) is 17.6 Å². The monoisotopic (exact) mass is 590 g/mol. The number of amides is 1. The molecule has 2 aromatic carbocycles. The fourth-order valence-electron chi connectivity index (χ4n) is 5.35. The van der Waals surface area contributed by atoms with Crippen LogP contribution in [-0.4, -0.2) is 52.0 Å². The number of carbonyl (C=O) groups is 1. The number of hydrogen-bond acceptors (Lipinski definition) is 6. The number of anilines is 1. The Balaban J connectivity index is 1.33. The lowest BCUT2D eigenvalue weighted by atomic mass is 10.0. The number of tetrazole rings is 1. The van der Waals surface area contributed by atoms with Gasteiger partial charge in [-0.3, -0.25) is 9.69 Å². The molecule has 0 radical (unpaired) electrons. The van der Waals surface area contributed by atoms with Crippen molar-refractivity contribution in [1.29, 1.82) is 0 Å². The maximum Gasteiger partial charge on any atom is 0.412 e. The van der Waals surface area contributed by atoms with Gasteiger partial charge in [0.2, 0.25) is 0 Å². The molecule has 1 aliphatic heterocycles. The number of carboxylic acid groups (broad SMARTS) is 1. The van der Waals surface area contributed by atoms with Gasteiger partial charge in [0, 0.05) is 39.6 Å². The van der Waals surface area contributed by atoms with Gasteiger partial charge in [0.15, 0.2) is 0 Å². The quantitative estimate of drug-likeness (QED) is 0.262. The fourth-order valence-corrected chi connectivity index (χ4v) is 5.77. The molecule has 13 heteroatoms. The Bertz CT molecular complexity index is 1810. The molecule has 1 amide bonds. The van der Waals surface area contributed by atoms with Crippen molar-refractivity contribution in [2.24, 2.45) is 0 Å². The molecule has 2 N–H and O–H groups in total. The zero-order valence-electron chi connectivity index (χ0n) is 22.0. The first-order valence-electron chi connectivity index (χ1n) is 12.9. The normalized spacial score (nSPS) is 14.4. The number of rotatable bonds is 6. The van der Waals surface area contributed by atoms with Gasteiger partial charge in [-0.15, -0.1) is 5.10 Å². The highest BCUT2D eigenvalue weighted by molar-refractivity contribution is 6.32. The summed E-state index contributed by atoms with van der Waals surface area (Å²) in [5.74, 6) is 0.578. The standard InChI is InChI=1S/C28H24Cl2N8O3/c1-15(2)37(28(40)41)19-6-3-16(4-7-19)25-26(30)33-27(32-25)23-10-8-20-11-17(12-24(39)38(20)23)21-13-18(29)5-9-22(21)36-14-31-34-35-36/h3-7,9,11-15,23H,8,10H2,1-2H3,(H,32,33)(H,40,41). The molecule has 1 atom stereocenters. The van der Waals surface area contributed by atoms with Gasteiger partial charge in [-0.05, 0) is 79.1 Å². The van der Waals surface area contributed by atoms with Crippen molar-refractivity contribution in [3.05, 3.63) is 93.0 Å². The molecule has 6 rings (SSSR count). The maximum atomic E-state index is 13.5. The fraction of sp³-hybridized carbons (Fsp3) is 0.214. The van der Waals surface area contributed by atoms with Crippen molar-refractivity contribution in [2.75, 3.05) is 4.90 Å². The summed E-state index contributed by atoms with van der Waals surface area (Å²) in [6.07, 6.45) is 1.79. The van der Waals surface area contributed by atoms with Crippen LogP contribution in [0.4, 0.5) is 10.5 Å². The van der Waals surface area contributed by atoms with Crippen LogP contribution in [0.15, 0.2) is 65.7 Å². The van der Waals surface area contributed by atoms with E-state index < -0.39 is 6.09 Å². The van der Waals surface area contributed by atoms with Crippen LogP contribution in [0.3, 0.4) is 0 Å². The van der Waals surface area contributed by atoms with Crippen LogP contribution in [0.5, 0.6) is 0 Å². The van der Waals surface area contributed by atoms with E-state index in [1.165, 1.54) is 15.9 Å². The van der Waals surface area contributed by atoms with Crippen molar-refractivity contribution in [3.63, 3.8) is 0 Å². The first-order valence-corrected chi connectivity index (χ1v) is 13.6. The van der Waals surface area contributed by atoms with Crippen LogP contribution in [0.1, 0.15) is 37.8 Å². The Hall–Kier alpha value is -4.48. The molecule has 0 aliphatic carbocycles. The van der Waals surface area contributed by atoms with Crippen LogP contribution in [0.25, 0.3) is 28.1 Å². The van der Waals surface area contributed by atoms with Crippen LogP contribution < -0.4 is 10.5 Å². The summed E-state index contributed by atoms with van der Waals surface area (Å²) >= 11 is 12.9. The molecule has 0 fully saturated rings. The smallest absolute Gasteiger partial charge is 0.412 e. The molecule has 0 saturated heterocycles. The second kappa shape index (κ2) is 10.5. The number of pyridine rings is 1. The minimum absolute atomic E-state index is 0.177. The molecule has 0 spiro atoms. The Labute approximate surface area is 244 Å². The predicted molar refractivity (Wildman–Crippen MR) is 155 cm³/mol. The van der Waals surface area contributed by atoms with Crippen molar-refractivity contribution < 1.29 is 9.90 Å². The molecule has 1 aliphatic rings. The molecule has 5 aromatic rings. The summed E-state index contributed by atoms with van der Waals surface area (Å²) in [6, 6.07) is 15.4. The second-order valence-corrected chi connectivity index (χ2v) is 10.8. The highest BCUT2D eigenvalue weighted by Gasteiger charge is 2.29. The summed E-state index contributed by atoms with van der Waals surface area (Å²) < 4.78 is 3.26. The molecule has 0 bridgehead atoms. The van der Waals surface area contributed by atoms with Crippen molar-refractivity contribution in [3.8, 4) is 28.1 Å². The average Bonchev–Trinajstić information content (AvgIpc) is 3.69. The summed E-state index contributed by atoms with van der Waals surface area (Å²) in [7, 11) is 0. The lowest BCUT2D eigenvalue weighted by Gasteiger charge is -2.23. The minimum Gasteiger partial charge on any atom is -0.465 e. The van der Waals surface area contributed by atoms with Crippen molar-refractivity contribution >= 4 is 35.0 Å². The van der Waals surface area contributed by atoms with Gasteiger partial charge in [-0.25, -0.2) is 9.78 Å². The Morgan fingerprint density at radius 2 is 1.88 bits per heavy atom. The van der Waals surface area contributed by atoms with Crippen LogP contribution in [0.2, 0.25) is 10.2 Å². The minimum atomic E-state index is -1.02. The molecular weight excluding hydrogens is 567 g/mol. The topological polar surface area (TPSA) is 135 Å². The number of aromatic amines is 1. The molecule has 0 saturated carbocycles. The third kappa shape index (κ3) is 4.87. The van der Waals surface area contributed by atoms with Gasteiger partial charge < -0.3 is 14.7 Å². The van der Waals surface area contributed by atoms with Crippen molar-refractivity contribution in [1.82, 2.24) is 34.7 Å². The number of nitrogens with zero attached hydrogens (tertiary/aromatic N) is 7. The molecular formula is C28H24Cl2N8O3. The number of nitrogens with one attached hydrogen (secondary N) is 1. The predicted octanol–water partition coefficient (Wildman–Crippen LogP) is 5.62. The molecule has 4 heterocycles. The second-order valence-electron chi connectivity index (χ2n) is 9.99. The summed E-state index contributed by atoms with van der Waals surface area (Å²) in [5, 5.41) is 21.8. The third-order valence-corrected chi connectivity index (χ3v) is 7.64. The van der Waals surface area contributed by atoms with E-state index in [9.17, 15) is 14.7 Å². The maximum absolute atomic E-state index is 13.5. The molecule has 41 heavy (non-hydrogen) atoms. The van der Waals surface area contributed by atoms with Gasteiger partial charge in [-0.2, -0.15) is 4.68 Å². The molecule has 3 aromatic heterocycles. The van der Waals surface area contributed by atoms with E-state index >= 15 is 0 Å². The lowest BCUT2D eigenvalue weighted by molar-refractivity contribution is 0.200. The number of fused-ring (bicyclic) bond motifs is 1. The number of H-pyrrole nitrogens is 1. The van der Waals surface area contributed by atoms with Gasteiger partial charge in [0.25, 0.3) is 5.56 Å². The molecule has 208 valence electrons. The number of benzene rings is 2. The number of halogens is 2. The van der Waals surface area contributed by atoms with Gasteiger partial charge >= 0.3 is 6.09 Å². The van der Waals surface area contributed by atoms with E-state index in [2.05, 4.69) is 20.5 Å². The van der Waals surface area contributed by atoms with E-state index in [0.29, 0.717) is 51.5 Å². The highest BCUT2D eigenvalue weighted by Crippen LogP contribution is 2.36. The first kappa shape index (κ1) is 26.7. The van der Waals surface area contributed by atoms with E-state index in [1.807, 2.05) is 26.0 Å². The zero-order chi connectivity index (χ0) is 28.8. The van der Waals surface area contributed by atoms with Gasteiger partial charge in [0.05, 0.1) is 11.7 Å². The third-order valence-electron chi connectivity index (χ3n) is 7.13. The number of aryl methyl sites for hydroxylation is 1. The Morgan fingerprint density at radius 1 is 1.10 bits per heavy atom. The van der Waals surface area contributed by atoms with Crippen LogP contribution in [0, 0.1) is 0 Å². The first-order chi connectivity index (χ1) is 19.7. The largest absolute Gasteiger partial charge is 0.465 e. The average molecular weight is 591 g/mol. The van der Waals surface area contributed by atoms with E-state index in [1.54, 1.807) is 47.0 Å². The summed E-state index contributed by atoms with van der Waals surface area (Å²) in [5.41, 5.74) is 4.65. The Kier molecular flexibility index (Phi) is 6.84. The highest BCUT2D eigenvalue weighted by atomic mass is 35.5. The van der Waals surface area contributed by atoms with Crippen LogP contribution in [-0.2, 0) is 6.42 Å². The summed E-state index contributed by atoms with van der Waals surface area (Å²) in [4.78, 5) is 34.4. The molecule has 11 nitrogen and oxygen atoms in total.